The molecule has 3 rings (SSSR count). The minimum absolute atomic E-state index is 0.0839. The van der Waals surface area contributed by atoms with E-state index in [4.69, 9.17) is 0 Å². The molecule has 5 heteroatoms. The van der Waals surface area contributed by atoms with Gasteiger partial charge in [0.15, 0.2) is 0 Å². The van der Waals surface area contributed by atoms with Gasteiger partial charge >= 0.3 is 6.03 Å². The summed E-state index contributed by atoms with van der Waals surface area (Å²) in [5.74, 6) is 0. The first kappa shape index (κ1) is 16.8. The third kappa shape index (κ3) is 3.90. The monoisotopic (exact) mass is 328 g/mol. The maximum absolute atomic E-state index is 12.2. The molecule has 130 valence electrons. The van der Waals surface area contributed by atoms with Gasteiger partial charge in [-0.1, -0.05) is 25.1 Å². The largest absolute Gasteiger partial charge is 0.361 e. The van der Waals surface area contributed by atoms with Crippen LogP contribution in [0.4, 0.5) is 4.79 Å². The van der Waals surface area contributed by atoms with E-state index >= 15 is 0 Å². The van der Waals surface area contributed by atoms with Gasteiger partial charge in [-0.2, -0.15) is 0 Å². The standard InChI is InChI=1S/C19H28N4O/c1-3-15(2)21-19(24)23-12-10-22(11-13-23)9-8-16-14-20-18-7-5-4-6-17(16)18/h4-7,14-15,20H,3,8-13H2,1-2H3,(H,21,24). The predicted octanol–water partition coefficient (Wildman–Crippen LogP) is 2.84. The molecule has 1 aromatic heterocycles. The van der Waals surface area contributed by atoms with Crippen molar-refractivity contribution in [3.05, 3.63) is 36.0 Å². The number of urea groups is 1. The Morgan fingerprint density at radius 2 is 2.00 bits per heavy atom. The Morgan fingerprint density at radius 3 is 2.75 bits per heavy atom. The summed E-state index contributed by atoms with van der Waals surface area (Å²) in [6, 6.07) is 8.78. The Labute approximate surface area is 144 Å². The highest BCUT2D eigenvalue weighted by Crippen LogP contribution is 2.18. The normalized spacial score (nSPS) is 17.2. The molecule has 1 aliphatic heterocycles. The molecule has 1 aliphatic rings. The third-order valence-electron chi connectivity index (χ3n) is 5.01. The number of aromatic nitrogens is 1. The minimum atomic E-state index is 0.0839. The lowest BCUT2D eigenvalue weighted by Crippen LogP contribution is -2.53. The lowest BCUT2D eigenvalue weighted by Gasteiger charge is -2.35. The van der Waals surface area contributed by atoms with Crippen molar-refractivity contribution in [1.29, 1.82) is 0 Å². The van der Waals surface area contributed by atoms with Gasteiger partial charge in [0.25, 0.3) is 0 Å². The van der Waals surface area contributed by atoms with Gasteiger partial charge in [0.1, 0.15) is 0 Å². The van der Waals surface area contributed by atoms with Crippen LogP contribution >= 0.6 is 0 Å². The number of fused-ring (bicyclic) bond motifs is 1. The van der Waals surface area contributed by atoms with E-state index in [-0.39, 0.29) is 12.1 Å². The molecular weight excluding hydrogens is 300 g/mol. The number of hydrogen-bond donors (Lipinski definition) is 2. The Bertz CT molecular complexity index is 673. The molecule has 0 aliphatic carbocycles. The number of rotatable bonds is 5. The smallest absolute Gasteiger partial charge is 0.317 e. The molecule has 1 unspecified atom stereocenters. The van der Waals surface area contributed by atoms with Gasteiger partial charge in [0.2, 0.25) is 0 Å². The van der Waals surface area contributed by atoms with Gasteiger partial charge in [-0.25, -0.2) is 4.79 Å². The topological polar surface area (TPSA) is 51.4 Å². The summed E-state index contributed by atoms with van der Waals surface area (Å²) < 4.78 is 0. The number of hydrogen-bond acceptors (Lipinski definition) is 2. The lowest BCUT2D eigenvalue weighted by molar-refractivity contribution is 0.138. The third-order valence-corrected chi connectivity index (χ3v) is 5.01. The van der Waals surface area contributed by atoms with E-state index in [0.717, 1.165) is 45.6 Å². The van der Waals surface area contributed by atoms with E-state index in [9.17, 15) is 4.79 Å². The van der Waals surface area contributed by atoms with Crippen molar-refractivity contribution in [3.63, 3.8) is 0 Å². The Hall–Kier alpha value is -2.01. The molecule has 24 heavy (non-hydrogen) atoms. The minimum Gasteiger partial charge on any atom is -0.361 e. The molecule has 2 amide bonds. The number of amides is 2. The number of benzene rings is 1. The highest BCUT2D eigenvalue weighted by atomic mass is 16.2. The number of aromatic amines is 1. The number of para-hydroxylation sites is 1. The SMILES string of the molecule is CCC(C)NC(=O)N1CCN(CCc2c[nH]c3ccccc23)CC1. The molecule has 2 N–H and O–H groups in total. The highest BCUT2D eigenvalue weighted by molar-refractivity contribution is 5.83. The molecule has 1 saturated heterocycles. The van der Waals surface area contributed by atoms with Gasteiger partial charge in [-0.05, 0) is 31.4 Å². The van der Waals surface area contributed by atoms with Crippen molar-refractivity contribution in [2.75, 3.05) is 32.7 Å². The zero-order valence-electron chi connectivity index (χ0n) is 14.7. The van der Waals surface area contributed by atoms with E-state index < -0.39 is 0 Å². The highest BCUT2D eigenvalue weighted by Gasteiger charge is 2.21. The van der Waals surface area contributed by atoms with Crippen LogP contribution < -0.4 is 5.32 Å². The average molecular weight is 328 g/mol. The van der Waals surface area contributed by atoms with Crippen molar-refractivity contribution in [2.24, 2.45) is 0 Å². The van der Waals surface area contributed by atoms with Crippen molar-refractivity contribution in [3.8, 4) is 0 Å². The molecule has 1 aromatic carbocycles. The van der Waals surface area contributed by atoms with Crippen LogP contribution in [-0.4, -0.2) is 59.6 Å². The van der Waals surface area contributed by atoms with Crippen molar-refractivity contribution in [1.82, 2.24) is 20.1 Å². The predicted molar refractivity (Wildman–Crippen MR) is 98.3 cm³/mol. The molecule has 1 fully saturated rings. The number of carbonyl (C=O) groups excluding carboxylic acids is 1. The second-order valence-corrected chi connectivity index (χ2v) is 6.70. The molecule has 2 heterocycles. The summed E-state index contributed by atoms with van der Waals surface area (Å²) in [4.78, 5) is 19.9. The van der Waals surface area contributed by atoms with E-state index in [1.807, 2.05) is 4.90 Å². The quantitative estimate of drug-likeness (QED) is 0.887. The summed E-state index contributed by atoms with van der Waals surface area (Å²) in [5, 5.41) is 4.38. The molecular formula is C19H28N4O. The summed E-state index contributed by atoms with van der Waals surface area (Å²) >= 11 is 0. The van der Waals surface area contributed by atoms with Crippen molar-refractivity contribution in [2.45, 2.75) is 32.7 Å². The zero-order chi connectivity index (χ0) is 16.9. The molecule has 1 atom stereocenters. The molecule has 0 bridgehead atoms. The van der Waals surface area contributed by atoms with Crippen LogP contribution in [0, 0.1) is 0 Å². The van der Waals surface area contributed by atoms with Crippen LogP contribution in [0.5, 0.6) is 0 Å². The van der Waals surface area contributed by atoms with Crippen molar-refractivity contribution < 1.29 is 4.79 Å². The van der Waals surface area contributed by atoms with Crippen LogP contribution in [0.2, 0.25) is 0 Å². The summed E-state index contributed by atoms with van der Waals surface area (Å²) in [6.45, 7) is 8.73. The fraction of sp³-hybridized carbons (Fsp3) is 0.526. The first-order valence-corrected chi connectivity index (χ1v) is 9.00. The van der Waals surface area contributed by atoms with Crippen LogP contribution in [0.25, 0.3) is 10.9 Å². The Balaban J connectivity index is 1.46. The van der Waals surface area contributed by atoms with Crippen LogP contribution in [0.1, 0.15) is 25.8 Å². The van der Waals surface area contributed by atoms with Crippen LogP contribution in [0.15, 0.2) is 30.5 Å². The maximum Gasteiger partial charge on any atom is 0.317 e. The van der Waals surface area contributed by atoms with Crippen LogP contribution in [0.3, 0.4) is 0 Å². The van der Waals surface area contributed by atoms with Crippen molar-refractivity contribution >= 4 is 16.9 Å². The first-order valence-electron chi connectivity index (χ1n) is 9.00. The first-order chi connectivity index (χ1) is 11.7. The van der Waals surface area contributed by atoms with E-state index in [1.165, 1.54) is 16.5 Å². The zero-order valence-corrected chi connectivity index (χ0v) is 14.7. The molecule has 0 spiro atoms. The van der Waals surface area contributed by atoms with E-state index in [2.05, 4.69) is 59.5 Å². The van der Waals surface area contributed by atoms with Gasteiger partial charge in [-0.15, -0.1) is 0 Å². The number of nitrogens with one attached hydrogen (secondary N) is 2. The van der Waals surface area contributed by atoms with Gasteiger partial charge in [0.05, 0.1) is 0 Å². The van der Waals surface area contributed by atoms with Crippen LogP contribution in [-0.2, 0) is 6.42 Å². The molecule has 0 radical (unpaired) electrons. The summed E-state index contributed by atoms with van der Waals surface area (Å²) in [7, 11) is 0. The fourth-order valence-corrected chi connectivity index (χ4v) is 3.20. The van der Waals surface area contributed by atoms with Gasteiger partial charge < -0.3 is 15.2 Å². The summed E-state index contributed by atoms with van der Waals surface area (Å²) in [6.07, 6.45) is 4.14. The Morgan fingerprint density at radius 1 is 1.25 bits per heavy atom. The fourth-order valence-electron chi connectivity index (χ4n) is 3.20. The molecule has 0 saturated carbocycles. The van der Waals surface area contributed by atoms with Gasteiger partial charge in [0, 0.05) is 55.9 Å². The van der Waals surface area contributed by atoms with E-state index in [1.54, 1.807) is 0 Å². The second-order valence-electron chi connectivity index (χ2n) is 6.70. The maximum atomic E-state index is 12.2. The number of piperazine rings is 1. The second kappa shape index (κ2) is 7.71. The molecule has 5 nitrogen and oxygen atoms in total. The molecule has 2 aromatic rings. The number of H-pyrrole nitrogens is 1. The average Bonchev–Trinajstić information content (AvgIpc) is 3.03. The number of carbonyl (C=O) groups is 1. The number of nitrogens with zero attached hydrogens (tertiary/aromatic N) is 2. The van der Waals surface area contributed by atoms with E-state index in [0.29, 0.717) is 0 Å². The lowest BCUT2D eigenvalue weighted by atomic mass is 10.1. The van der Waals surface area contributed by atoms with Gasteiger partial charge in [-0.3, -0.25) is 4.90 Å². The summed E-state index contributed by atoms with van der Waals surface area (Å²) in [5.41, 5.74) is 2.58. The Kier molecular flexibility index (Phi) is 5.41.